The Morgan fingerprint density at radius 3 is 3.00 bits per heavy atom. The number of thiazole rings is 1. The minimum absolute atomic E-state index is 0.359. The van der Waals surface area contributed by atoms with Crippen molar-refractivity contribution in [1.29, 1.82) is 0 Å². The summed E-state index contributed by atoms with van der Waals surface area (Å²) in [5, 5.41) is 1.18. The molecule has 1 aliphatic rings. The fourth-order valence-corrected chi connectivity index (χ4v) is 4.17. The van der Waals surface area contributed by atoms with Crippen molar-refractivity contribution in [2.75, 3.05) is 6.54 Å². The summed E-state index contributed by atoms with van der Waals surface area (Å²) in [5.41, 5.74) is 6.45. The third kappa shape index (κ3) is 3.08. The molecule has 2 atom stereocenters. The van der Waals surface area contributed by atoms with Gasteiger partial charge in [0.2, 0.25) is 0 Å². The third-order valence-electron chi connectivity index (χ3n) is 4.27. The monoisotopic (exact) mass is 252 g/mol. The van der Waals surface area contributed by atoms with Gasteiger partial charge in [-0.3, -0.25) is 0 Å². The molecule has 1 aromatic rings. The molecule has 1 heterocycles. The molecule has 2 nitrogen and oxygen atoms in total. The highest BCUT2D eigenvalue weighted by molar-refractivity contribution is 7.11. The maximum Gasteiger partial charge on any atom is 0.0896 e. The summed E-state index contributed by atoms with van der Waals surface area (Å²) in [7, 11) is 0. The molecule has 0 radical (unpaired) electrons. The Morgan fingerprint density at radius 1 is 1.59 bits per heavy atom. The van der Waals surface area contributed by atoms with Gasteiger partial charge in [0.25, 0.3) is 0 Å². The first-order valence-electron chi connectivity index (χ1n) is 6.79. The van der Waals surface area contributed by atoms with Crippen molar-refractivity contribution in [3.63, 3.8) is 0 Å². The lowest BCUT2D eigenvalue weighted by Crippen LogP contribution is -2.37. The lowest BCUT2D eigenvalue weighted by atomic mass is 9.67. The molecule has 1 fully saturated rings. The minimum atomic E-state index is 0.359. The van der Waals surface area contributed by atoms with Crippen LogP contribution in [0.2, 0.25) is 0 Å². The van der Waals surface area contributed by atoms with Gasteiger partial charge in [0.1, 0.15) is 0 Å². The van der Waals surface area contributed by atoms with Crippen LogP contribution in [0.4, 0.5) is 0 Å². The van der Waals surface area contributed by atoms with E-state index in [0.29, 0.717) is 5.41 Å². The predicted octanol–water partition coefficient (Wildman–Crippen LogP) is 3.54. The van der Waals surface area contributed by atoms with E-state index in [0.717, 1.165) is 18.9 Å². The zero-order valence-electron chi connectivity index (χ0n) is 11.0. The van der Waals surface area contributed by atoms with Crippen molar-refractivity contribution in [3.05, 3.63) is 16.1 Å². The highest BCUT2D eigenvalue weighted by Gasteiger charge is 2.35. The minimum Gasteiger partial charge on any atom is -0.330 e. The maximum absolute atomic E-state index is 6.09. The van der Waals surface area contributed by atoms with Crippen LogP contribution in [0.3, 0.4) is 0 Å². The molecule has 1 aliphatic carbocycles. The molecule has 17 heavy (non-hydrogen) atoms. The SMILES string of the molecule is CCC1CCCC(CN)(Cc2cnc(C)s2)C1. The van der Waals surface area contributed by atoms with Crippen LogP contribution in [-0.2, 0) is 6.42 Å². The summed E-state index contributed by atoms with van der Waals surface area (Å²) in [6.45, 7) is 5.23. The first kappa shape index (κ1) is 13.0. The van der Waals surface area contributed by atoms with E-state index in [4.69, 9.17) is 5.73 Å². The summed E-state index contributed by atoms with van der Waals surface area (Å²) in [4.78, 5) is 5.79. The molecular formula is C14H24N2S. The Hall–Kier alpha value is -0.410. The number of hydrogen-bond acceptors (Lipinski definition) is 3. The van der Waals surface area contributed by atoms with Gasteiger partial charge in [-0.25, -0.2) is 4.98 Å². The number of nitrogens with two attached hydrogens (primary N) is 1. The van der Waals surface area contributed by atoms with Crippen molar-refractivity contribution in [2.45, 2.75) is 52.4 Å². The van der Waals surface area contributed by atoms with E-state index in [9.17, 15) is 0 Å². The average Bonchev–Trinajstić information content (AvgIpc) is 2.75. The second-order valence-electron chi connectivity index (χ2n) is 5.60. The van der Waals surface area contributed by atoms with E-state index in [1.807, 2.05) is 17.5 Å². The lowest BCUT2D eigenvalue weighted by Gasteiger charge is -2.40. The molecule has 0 spiro atoms. The standard InChI is InChI=1S/C14H24N2S/c1-3-12-5-4-6-14(7-12,10-15)8-13-9-16-11(2)17-13/h9,12H,3-8,10,15H2,1-2H3. The van der Waals surface area contributed by atoms with Crippen LogP contribution < -0.4 is 5.73 Å². The largest absolute Gasteiger partial charge is 0.330 e. The molecule has 0 amide bonds. The van der Waals surface area contributed by atoms with Gasteiger partial charge < -0.3 is 5.73 Å². The molecule has 2 rings (SSSR count). The van der Waals surface area contributed by atoms with Crippen LogP contribution in [0.5, 0.6) is 0 Å². The Balaban J connectivity index is 2.08. The quantitative estimate of drug-likeness (QED) is 0.890. The normalized spacial score (nSPS) is 29.5. The van der Waals surface area contributed by atoms with E-state index < -0.39 is 0 Å². The summed E-state index contributed by atoms with van der Waals surface area (Å²) >= 11 is 1.84. The molecule has 3 heteroatoms. The second kappa shape index (κ2) is 5.49. The summed E-state index contributed by atoms with van der Waals surface area (Å²) in [6, 6.07) is 0. The van der Waals surface area contributed by atoms with Gasteiger partial charge in [-0.05, 0) is 44.1 Å². The fraction of sp³-hybridized carbons (Fsp3) is 0.786. The molecule has 2 unspecified atom stereocenters. The van der Waals surface area contributed by atoms with Crippen molar-refractivity contribution in [3.8, 4) is 0 Å². The molecular weight excluding hydrogens is 228 g/mol. The van der Waals surface area contributed by atoms with Crippen molar-refractivity contribution >= 4 is 11.3 Å². The predicted molar refractivity (Wildman–Crippen MR) is 74.3 cm³/mol. The van der Waals surface area contributed by atoms with Crippen LogP contribution in [0.25, 0.3) is 0 Å². The highest BCUT2D eigenvalue weighted by atomic mass is 32.1. The first-order valence-corrected chi connectivity index (χ1v) is 7.60. The molecule has 0 aromatic carbocycles. The molecule has 96 valence electrons. The van der Waals surface area contributed by atoms with Gasteiger partial charge >= 0.3 is 0 Å². The van der Waals surface area contributed by atoms with E-state index in [2.05, 4.69) is 18.8 Å². The van der Waals surface area contributed by atoms with Crippen LogP contribution in [0.15, 0.2) is 6.20 Å². The zero-order valence-corrected chi connectivity index (χ0v) is 11.9. The number of hydrogen-bond donors (Lipinski definition) is 1. The highest BCUT2D eigenvalue weighted by Crippen LogP contribution is 2.42. The van der Waals surface area contributed by atoms with Gasteiger partial charge in [0.05, 0.1) is 5.01 Å². The zero-order chi connectivity index (χ0) is 12.3. The first-order chi connectivity index (χ1) is 8.17. The van der Waals surface area contributed by atoms with Crippen molar-refractivity contribution in [1.82, 2.24) is 4.98 Å². The second-order valence-corrected chi connectivity index (χ2v) is 6.92. The molecule has 1 saturated carbocycles. The Morgan fingerprint density at radius 2 is 2.41 bits per heavy atom. The molecule has 0 aliphatic heterocycles. The van der Waals surface area contributed by atoms with E-state index in [1.54, 1.807) is 0 Å². The fourth-order valence-electron chi connectivity index (χ4n) is 3.21. The van der Waals surface area contributed by atoms with Crippen LogP contribution in [-0.4, -0.2) is 11.5 Å². The number of rotatable bonds is 4. The van der Waals surface area contributed by atoms with E-state index in [-0.39, 0.29) is 0 Å². The van der Waals surface area contributed by atoms with Crippen LogP contribution >= 0.6 is 11.3 Å². The van der Waals surface area contributed by atoms with E-state index >= 15 is 0 Å². The summed E-state index contributed by atoms with van der Waals surface area (Å²) in [5.74, 6) is 0.890. The Bertz CT molecular complexity index is 361. The average molecular weight is 252 g/mol. The molecule has 0 saturated heterocycles. The smallest absolute Gasteiger partial charge is 0.0896 e. The Kier molecular flexibility index (Phi) is 4.21. The maximum atomic E-state index is 6.09. The number of aryl methyl sites for hydroxylation is 1. The van der Waals surface area contributed by atoms with Gasteiger partial charge in [-0.2, -0.15) is 0 Å². The van der Waals surface area contributed by atoms with Gasteiger partial charge in [-0.15, -0.1) is 11.3 Å². The molecule has 1 aromatic heterocycles. The van der Waals surface area contributed by atoms with Crippen LogP contribution in [0, 0.1) is 18.3 Å². The topological polar surface area (TPSA) is 38.9 Å². The summed E-state index contributed by atoms with van der Waals surface area (Å²) in [6.07, 6.45) is 9.88. The van der Waals surface area contributed by atoms with Crippen molar-refractivity contribution in [2.24, 2.45) is 17.1 Å². The third-order valence-corrected chi connectivity index (χ3v) is 5.18. The van der Waals surface area contributed by atoms with Crippen LogP contribution in [0.1, 0.15) is 48.9 Å². The number of aromatic nitrogens is 1. The van der Waals surface area contributed by atoms with Gasteiger partial charge in [-0.1, -0.05) is 26.2 Å². The summed E-state index contributed by atoms with van der Waals surface area (Å²) < 4.78 is 0. The lowest BCUT2D eigenvalue weighted by molar-refractivity contribution is 0.143. The van der Waals surface area contributed by atoms with Gasteiger partial charge in [0.15, 0.2) is 0 Å². The van der Waals surface area contributed by atoms with E-state index in [1.165, 1.54) is 42.0 Å². The number of nitrogens with zero attached hydrogens (tertiary/aromatic N) is 1. The molecule has 0 bridgehead atoms. The van der Waals surface area contributed by atoms with Gasteiger partial charge in [0, 0.05) is 11.1 Å². The van der Waals surface area contributed by atoms with Crippen molar-refractivity contribution < 1.29 is 0 Å². The Labute approximate surface area is 109 Å². The molecule has 2 N–H and O–H groups in total.